The van der Waals surface area contributed by atoms with Gasteiger partial charge in [0.1, 0.15) is 5.82 Å². The second-order valence-electron chi connectivity index (χ2n) is 11.1. The summed E-state index contributed by atoms with van der Waals surface area (Å²) in [6.45, 7) is 6.83. The minimum absolute atomic E-state index is 0.0320. The second-order valence-corrected chi connectivity index (χ2v) is 13.0. The number of methoxy groups -OCH3 is 1. The maximum Gasteiger partial charge on any atom is 0.435 e. The number of carbonyl (C=O) groups is 2. The Hall–Kier alpha value is -4.05. The van der Waals surface area contributed by atoms with Crippen molar-refractivity contribution in [1.29, 1.82) is 0 Å². The lowest BCUT2D eigenvalue weighted by atomic mass is 10.1. The topological polar surface area (TPSA) is 130 Å². The first-order valence-electron chi connectivity index (χ1n) is 15.0. The predicted molar refractivity (Wildman–Crippen MR) is 173 cm³/mol. The average Bonchev–Trinajstić information content (AvgIpc) is 3.61. The summed E-state index contributed by atoms with van der Waals surface area (Å²) in [6.07, 6.45) is -0.812. The third-order valence-corrected chi connectivity index (χ3v) is 9.46. The maximum absolute atomic E-state index is 13.9. The Bertz CT molecular complexity index is 1660. The lowest BCUT2D eigenvalue weighted by Gasteiger charge is -2.31. The molecule has 1 N–H and O–H groups in total. The summed E-state index contributed by atoms with van der Waals surface area (Å²) in [7, 11) is 3.46. The van der Waals surface area contributed by atoms with Crippen molar-refractivity contribution in [3.8, 4) is 0 Å². The summed E-state index contributed by atoms with van der Waals surface area (Å²) in [5.41, 5.74) is 2.73. The van der Waals surface area contributed by atoms with Gasteiger partial charge in [0.05, 0.1) is 41.7 Å². The predicted octanol–water partition coefficient (Wildman–Crippen LogP) is 3.45. The minimum Gasteiger partial charge on any atom is -0.448 e. The number of likely N-dealkylation sites (N-methyl/N-ethyl adjacent to an activating group) is 3. The van der Waals surface area contributed by atoms with E-state index < -0.39 is 27.8 Å². The van der Waals surface area contributed by atoms with Gasteiger partial charge >= 0.3 is 6.09 Å². The Morgan fingerprint density at radius 1 is 1.02 bits per heavy atom. The van der Waals surface area contributed by atoms with Crippen LogP contribution >= 0.6 is 0 Å². The highest BCUT2D eigenvalue weighted by Crippen LogP contribution is 2.35. The molecular formula is C31H42FN7O6S. The van der Waals surface area contributed by atoms with Crippen LogP contribution < -0.4 is 15.1 Å². The Morgan fingerprint density at radius 2 is 1.78 bits per heavy atom. The smallest absolute Gasteiger partial charge is 0.435 e. The van der Waals surface area contributed by atoms with Gasteiger partial charge in [-0.05, 0) is 64.3 Å². The molecule has 0 saturated heterocycles. The van der Waals surface area contributed by atoms with Crippen LogP contribution in [0.1, 0.15) is 35.5 Å². The fourth-order valence-corrected chi connectivity index (χ4v) is 6.53. The van der Waals surface area contributed by atoms with Gasteiger partial charge in [0, 0.05) is 58.0 Å². The van der Waals surface area contributed by atoms with E-state index in [1.54, 1.807) is 26.2 Å². The molecule has 2 aromatic carbocycles. The van der Waals surface area contributed by atoms with Crippen molar-refractivity contribution in [2.24, 2.45) is 0 Å². The van der Waals surface area contributed by atoms with Crippen LogP contribution in [0.2, 0.25) is 0 Å². The van der Waals surface area contributed by atoms with Crippen LogP contribution in [0.5, 0.6) is 0 Å². The minimum atomic E-state index is -4.14. The molecule has 1 aliphatic rings. The van der Waals surface area contributed by atoms with Gasteiger partial charge in [-0.1, -0.05) is 6.07 Å². The van der Waals surface area contributed by atoms with Gasteiger partial charge in [-0.2, -0.15) is 8.99 Å². The molecule has 1 amide bonds. The number of hydrogen-bond donors (Lipinski definition) is 1. The second kappa shape index (κ2) is 15.0. The van der Waals surface area contributed by atoms with Gasteiger partial charge < -0.3 is 29.5 Å². The Balaban J connectivity index is 1.67. The number of fused-ring (bicyclic) bond motifs is 1. The first kappa shape index (κ1) is 34.8. The fraction of sp³-hybridized carbons (Fsp3) is 0.452. The Morgan fingerprint density at radius 3 is 2.43 bits per heavy atom. The molecule has 0 radical (unpaired) electrons. The normalized spacial score (nSPS) is 13.1. The maximum atomic E-state index is 13.9. The molecule has 250 valence electrons. The zero-order chi connectivity index (χ0) is 33.6. The molecule has 0 aliphatic carbocycles. The number of rotatable bonds is 14. The quantitative estimate of drug-likeness (QED) is 0.275. The van der Waals surface area contributed by atoms with Crippen molar-refractivity contribution in [1.82, 2.24) is 19.0 Å². The van der Waals surface area contributed by atoms with Crippen molar-refractivity contribution in [3.63, 3.8) is 0 Å². The molecule has 4 rings (SSSR count). The number of nitrogens with one attached hydrogen (secondary N) is 1. The van der Waals surface area contributed by atoms with Crippen LogP contribution in [-0.4, -0.2) is 107 Å². The zero-order valence-corrected chi connectivity index (χ0v) is 27.9. The lowest BCUT2D eigenvalue weighted by Crippen LogP contribution is -2.33. The molecule has 0 spiro atoms. The van der Waals surface area contributed by atoms with Gasteiger partial charge in [0.25, 0.3) is 5.91 Å². The van der Waals surface area contributed by atoms with Crippen LogP contribution in [0.4, 0.5) is 26.4 Å². The van der Waals surface area contributed by atoms with E-state index in [0.29, 0.717) is 24.3 Å². The van der Waals surface area contributed by atoms with E-state index in [2.05, 4.69) is 27.1 Å². The van der Waals surface area contributed by atoms with Gasteiger partial charge in [0.2, 0.25) is 10.0 Å². The number of carbonyl (C=O) groups excluding carboxylic acids is 2. The molecular weight excluding hydrogens is 617 g/mol. The molecule has 3 aromatic rings. The summed E-state index contributed by atoms with van der Waals surface area (Å²) in [6, 6.07) is 10.1. The number of ether oxygens (including phenoxy) is 2. The van der Waals surface area contributed by atoms with Crippen LogP contribution in [0.15, 0.2) is 47.4 Å². The Kier molecular flexibility index (Phi) is 11.4. The number of aromatic nitrogens is 2. The van der Waals surface area contributed by atoms with Crippen LogP contribution in [-0.2, 0) is 32.6 Å². The van der Waals surface area contributed by atoms with Gasteiger partial charge in [0.15, 0.2) is 5.82 Å². The number of halogens is 1. The van der Waals surface area contributed by atoms with Crippen LogP contribution in [0, 0.1) is 5.82 Å². The van der Waals surface area contributed by atoms with E-state index in [1.807, 2.05) is 32.1 Å². The van der Waals surface area contributed by atoms with E-state index in [4.69, 9.17) is 9.47 Å². The number of hydrogen-bond acceptors (Lipinski definition) is 10. The summed E-state index contributed by atoms with van der Waals surface area (Å²) in [5.74, 6) is -1.15. The summed E-state index contributed by atoms with van der Waals surface area (Å²) in [5, 5.41) is 7.09. The van der Waals surface area contributed by atoms with Crippen molar-refractivity contribution in [2.75, 3.05) is 82.8 Å². The van der Waals surface area contributed by atoms with Crippen molar-refractivity contribution >= 4 is 39.2 Å². The highest BCUT2D eigenvalue weighted by Gasteiger charge is 2.38. The van der Waals surface area contributed by atoms with E-state index in [0.717, 1.165) is 52.1 Å². The molecule has 0 fully saturated rings. The molecule has 13 nitrogen and oxygen atoms in total. The van der Waals surface area contributed by atoms with Gasteiger partial charge in [-0.25, -0.2) is 17.6 Å². The fourth-order valence-electron chi connectivity index (χ4n) is 5.13. The van der Waals surface area contributed by atoms with E-state index >= 15 is 0 Å². The summed E-state index contributed by atoms with van der Waals surface area (Å²) >= 11 is 0. The molecule has 2 heterocycles. The zero-order valence-electron chi connectivity index (χ0n) is 27.1. The van der Waals surface area contributed by atoms with E-state index in [9.17, 15) is 22.4 Å². The molecule has 46 heavy (non-hydrogen) atoms. The van der Waals surface area contributed by atoms with Crippen molar-refractivity contribution < 1.29 is 31.9 Å². The summed E-state index contributed by atoms with van der Waals surface area (Å²) in [4.78, 5) is 32.6. The van der Waals surface area contributed by atoms with Crippen molar-refractivity contribution in [3.05, 3.63) is 65.1 Å². The van der Waals surface area contributed by atoms with E-state index in [-0.39, 0.29) is 36.1 Å². The highest BCUT2D eigenvalue weighted by molar-refractivity contribution is 7.89. The van der Waals surface area contributed by atoms with Crippen LogP contribution in [0.25, 0.3) is 0 Å². The first-order valence-corrected chi connectivity index (χ1v) is 16.4. The number of amides is 1. The van der Waals surface area contributed by atoms with Gasteiger partial charge in [-0.3, -0.25) is 4.79 Å². The largest absolute Gasteiger partial charge is 0.448 e. The SMILES string of the molecule is CCOC(=O)n1nc(NC(=O)c2ccc(N(CC)CCN(C)C)c(N(C)CCOC)c2)c2c1CN(S(=O)(=O)c1cccc(F)c1)C2. The Labute approximate surface area is 269 Å². The standard InChI is InChI=1S/C31H42FN7O6S/c1-7-37(15-14-35(3)4)26-13-12-22(18-27(26)36(5)16-17-44-6)30(40)33-29-25-20-38(21-28(25)39(34-29)31(41)45-8-2)46(42,43)24-11-9-10-23(32)19-24/h9-13,18-19H,7-8,14-17,20-21H2,1-6H3,(H,33,34,40). The summed E-state index contributed by atoms with van der Waals surface area (Å²) < 4.78 is 53.2. The average molecular weight is 660 g/mol. The molecule has 1 aromatic heterocycles. The van der Waals surface area contributed by atoms with Crippen molar-refractivity contribution in [2.45, 2.75) is 31.8 Å². The number of sulfonamides is 1. The van der Waals surface area contributed by atoms with Gasteiger partial charge in [-0.15, -0.1) is 5.10 Å². The molecule has 0 bridgehead atoms. The molecule has 0 unspecified atom stereocenters. The molecule has 0 atom stereocenters. The number of nitrogens with zero attached hydrogens (tertiary/aromatic N) is 6. The molecule has 15 heteroatoms. The highest BCUT2D eigenvalue weighted by atomic mass is 32.2. The third kappa shape index (κ3) is 7.66. The van der Waals surface area contributed by atoms with E-state index in [1.165, 1.54) is 12.1 Å². The third-order valence-electron chi connectivity index (χ3n) is 7.68. The lowest BCUT2D eigenvalue weighted by molar-refractivity contribution is 0.102. The number of benzene rings is 2. The molecule has 1 aliphatic heterocycles. The number of anilines is 3. The monoisotopic (exact) mass is 659 g/mol. The molecule has 0 saturated carbocycles. The first-order chi connectivity index (χ1) is 21.9. The van der Waals surface area contributed by atoms with Crippen LogP contribution in [0.3, 0.4) is 0 Å².